The van der Waals surface area contributed by atoms with E-state index >= 15 is 0 Å². The minimum Gasteiger partial charge on any atom is -0.298 e. The van der Waals surface area contributed by atoms with E-state index < -0.39 is 0 Å². The van der Waals surface area contributed by atoms with E-state index in [0.29, 0.717) is 5.02 Å². The molecule has 0 fully saturated rings. The van der Waals surface area contributed by atoms with Crippen molar-refractivity contribution in [3.05, 3.63) is 58.3 Å². The first kappa shape index (κ1) is 10.8. The quantitative estimate of drug-likeness (QED) is 0.650. The van der Waals surface area contributed by atoms with Crippen LogP contribution in [-0.2, 0) is 0 Å². The molecule has 84 valence electrons. The van der Waals surface area contributed by atoms with Crippen LogP contribution in [0.25, 0.3) is 16.9 Å². The fourth-order valence-electron chi connectivity index (χ4n) is 1.85. The molecule has 0 atom stereocenters. The molecule has 0 N–H and O–H groups in total. The van der Waals surface area contributed by atoms with E-state index in [2.05, 4.69) is 33.0 Å². The first-order valence-corrected chi connectivity index (χ1v) is 6.31. The number of pyridine rings is 1. The number of aromatic nitrogens is 2. The average Bonchev–Trinajstić information content (AvgIpc) is 2.65. The van der Waals surface area contributed by atoms with Crippen LogP contribution in [0, 0.1) is 0 Å². The predicted molar refractivity (Wildman–Crippen MR) is 73.3 cm³/mol. The highest BCUT2D eigenvalue weighted by molar-refractivity contribution is 9.10. The van der Waals surface area contributed by atoms with Gasteiger partial charge in [-0.3, -0.25) is 4.40 Å². The third-order valence-electron chi connectivity index (χ3n) is 2.59. The third kappa shape index (κ3) is 1.85. The van der Waals surface area contributed by atoms with Crippen molar-refractivity contribution in [1.82, 2.24) is 9.38 Å². The Kier molecular flexibility index (Phi) is 2.65. The van der Waals surface area contributed by atoms with Crippen LogP contribution in [-0.4, -0.2) is 9.38 Å². The fourth-order valence-corrected chi connectivity index (χ4v) is 2.60. The Morgan fingerprint density at radius 2 is 1.88 bits per heavy atom. The summed E-state index contributed by atoms with van der Waals surface area (Å²) in [6, 6.07) is 13.8. The van der Waals surface area contributed by atoms with Gasteiger partial charge in [0.05, 0.1) is 5.69 Å². The highest BCUT2D eigenvalue weighted by Crippen LogP contribution is 2.29. The molecule has 0 aliphatic carbocycles. The van der Waals surface area contributed by atoms with Crippen molar-refractivity contribution in [2.24, 2.45) is 0 Å². The number of rotatable bonds is 1. The standard InChI is InChI=1S/C13H8BrClN2/c14-13-12(9-4-2-1-3-5-9)17-7-6-10(15)8-11(17)16-13/h1-8H. The Morgan fingerprint density at radius 3 is 2.65 bits per heavy atom. The maximum Gasteiger partial charge on any atom is 0.140 e. The molecular formula is C13H8BrClN2. The van der Waals surface area contributed by atoms with E-state index in [9.17, 15) is 0 Å². The van der Waals surface area contributed by atoms with E-state index in [1.54, 1.807) is 0 Å². The third-order valence-corrected chi connectivity index (χ3v) is 3.38. The highest BCUT2D eigenvalue weighted by atomic mass is 79.9. The lowest BCUT2D eigenvalue weighted by molar-refractivity contribution is 1.19. The normalized spacial score (nSPS) is 10.9. The highest BCUT2D eigenvalue weighted by Gasteiger charge is 2.11. The second-order valence-corrected chi connectivity index (χ2v) is 4.88. The summed E-state index contributed by atoms with van der Waals surface area (Å²) >= 11 is 9.45. The van der Waals surface area contributed by atoms with Crippen LogP contribution in [0.15, 0.2) is 53.3 Å². The SMILES string of the molecule is Clc1ccn2c(-c3ccccc3)c(Br)nc2c1. The smallest absolute Gasteiger partial charge is 0.140 e. The van der Waals surface area contributed by atoms with Gasteiger partial charge in [-0.15, -0.1) is 0 Å². The number of hydrogen-bond donors (Lipinski definition) is 0. The van der Waals surface area contributed by atoms with Crippen LogP contribution in [0.3, 0.4) is 0 Å². The molecule has 0 saturated heterocycles. The number of imidazole rings is 1. The Balaban J connectivity index is 2.33. The van der Waals surface area contributed by atoms with Gasteiger partial charge in [-0.1, -0.05) is 41.9 Å². The van der Waals surface area contributed by atoms with Crippen molar-refractivity contribution in [3.8, 4) is 11.3 Å². The zero-order valence-electron chi connectivity index (χ0n) is 8.77. The summed E-state index contributed by atoms with van der Waals surface area (Å²) in [5.41, 5.74) is 3.00. The molecule has 2 nitrogen and oxygen atoms in total. The van der Waals surface area contributed by atoms with E-state index in [4.69, 9.17) is 11.6 Å². The first-order chi connectivity index (χ1) is 8.25. The topological polar surface area (TPSA) is 17.3 Å². The largest absolute Gasteiger partial charge is 0.298 e. The summed E-state index contributed by atoms with van der Waals surface area (Å²) in [5, 5.41) is 0.689. The molecule has 3 rings (SSSR count). The summed E-state index contributed by atoms with van der Waals surface area (Å²) in [6.45, 7) is 0. The summed E-state index contributed by atoms with van der Waals surface area (Å²) in [7, 11) is 0. The van der Waals surface area contributed by atoms with Crippen molar-refractivity contribution in [2.45, 2.75) is 0 Å². The number of halogens is 2. The van der Waals surface area contributed by atoms with Gasteiger partial charge in [0.1, 0.15) is 10.3 Å². The van der Waals surface area contributed by atoms with Gasteiger partial charge in [0.2, 0.25) is 0 Å². The van der Waals surface area contributed by atoms with Gasteiger partial charge in [-0.05, 0) is 22.0 Å². The summed E-state index contributed by atoms with van der Waals surface area (Å²) < 4.78 is 2.84. The Morgan fingerprint density at radius 1 is 1.12 bits per heavy atom. The maximum absolute atomic E-state index is 5.96. The van der Waals surface area contributed by atoms with Gasteiger partial charge >= 0.3 is 0 Å². The van der Waals surface area contributed by atoms with Crippen molar-refractivity contribution in [1.29, 1.82) is 0 Å². The van der Waals surface area contributed by atoms with E-state index in [-0.39, 0.29) is 0 Å². The monoisotopic (exact) mass is 306 g/mol. The van der Waals surface area contributed by atoms with Crippen molar-refractivity contribution >= 4 is 33.2 Å². The lowest BCUT2D eigenvalue weighted by Gasteiger charge is -2.02. The van der Waals surface area contributed by atoms with Crippen LogP contribution in [0.2, 0.25) is 5.02 Å². The van der Waals surface area contributed by atoms with Gasteiger partial charge in [-0.2, -0.15) is 0 Å². The second-order valence-electron chi connectivity index (χ2n) is 3.69. The lowest BCUT2D eigenvalue weighted by atomic mass is 10.2. The van der Waals surface area contributed by atoms with Gasteiger partial charge in [0, 0.05) is 22.8 Å². The Labute approximate surface area is 112 Å². The molecule has 2 aromatic heterocycles. The minimum atomic E-state index is 0.689. The van der Waals surface area contributed by atoms with E-state index in [1.165, 1.54) is 0 Å². The van der Waals surface area contributed by atoms with Crippen LogP contribution < -0.4 is 0 Å². The zero-order valence-corrected chi connectivity index (χ0v) is 11.1. The average molecular weight is 308 g/mol. The molecule has 0 aliphatic heterocycles. The molecule has 4 heteroatoms. The number of hydrogen-bond acceptors (Lipinski definition) is 1. The van der Waals surface area contributed by atoms with E-state index in [1.807, 2.05) is 40.9 Å². The van der Waals surface area contributed by atoms with Crippen molar-refractivity contribution in [2.75, 3.05) is 0 Å². The molecule has 2 heterocycles. The molecule has 3 aromatic rings. The van der Waals surface area contributed by atoms with Crippen molar-refractivity contribution in [3.63, 3.8) is 0 Å². The van der Waals surface area contributed by atoms with Gasteiger partial charge < -0.3 is 0 Å². The summed E-state index contributed by atoms with van der Waals surface area (Å²) in [6.07, 6.45) is 1.93. The van der Waals surface area contributed by atoms with Crippen LogP contribution in [0.1, 0.15) is 0 Å². The van der Waals surface area contributed by atoms with Crippen LogP contribution in [0.4, 0.5) is 0 Å². The summed E-state index contributed by atoms with van der Waals surface area (Å²) in [4.78, 5) is 4.45. The minimum absolute atomic E-state index is 0.689. The number of fused-ring (bicyclic) bond motifs is 1. The molecule has 0 amide bonds. The van der Waals surface area contributed by atoms with Gasteiger partial charge in [0.25, 0.3) is 0 Å². The van der Waals surface area contributed by atoms with Gasteiger partial charge in [-0.25, -0.2) is 4.98 Å². The molecular weight excluding hydrogens is 300 g/mol. The molecule has 1 aromatic carbocycles. The maximum atomic E-state index is 5.96. The zero-order chi connectivity index (χ0) is 11.8. The van der Waals surface area contributed by atoms with Crippen molar-refractivity contribution < 1.29 is 0 Å². The second kappa shape index (κ2) is 4.17. The van der Waals surface area contributed by atoms with E-state index in [0.717, 1.165) is 21.5 Å². The van der Waals surface area contributed by atoms with Crippen LogP contribution in [0.5, 0.6) is 0 Å². The molecule has 0 spiro atoms. The molecule has 0 unspecified atom stereocenters. The molecule has 0 saturated carbocycles. The molecule has 17 heavy (non-hydrogen) atoms. The lowest BCUT2D eigenvalue weighted by Crippen LogP contribution is -1.87. The first-order valence-electron chi connectivity index (χ1n) is 5.14. The fraction of sp³-hybridized carbons (Fsp3) is 0. The molecule has 0 aliphatic rings. The van der Waals surface area contributed by atoms with Crippen LogP contribution >= 0.6 is 27.5 Å². The Hall–Kier alpha value is -1.32. The predicted octanol–water partition coefficient (Wildman–Crippen LogP) is 4.42. The molecule has 0 bridgehead atoms. The number of nitrogens with zero attached hydrogens (tertiary/aromatic N) is 2. The van der Waals surface area contributed by atoms with Gasteiger partial charge in [0.15, 0.2) is 0 Å². The number of benzene rings is 1. The summed E-state index contributed by atoms with van der Waals surface area (Å²) in [5.74, 6) is 0. The Bertz CT molecular complexity index is 676. The molecule has 0 radical (unpaired) electrons.